The van der Waals surface area contributed by atoms with E-state index in [-0.39, 0.29) is 16.2 Å². The number of carbonyl (C=O) groups excluding carboxylic acids is 3. The number of aromatic nitrogens is 1. The molecule has 0 spiro atoms. The number of rotatable bonds is 5. The number of hydrogen-bond acceptors (Lipinski definition) is 4. The molecule has 0 radical (unpaired) electrons. The minimum Gasteiger partial charge on any atom is -0.478 e. The summed E-state index contributed by atoms with van der Waals surface area (Å²) in [4.78, 5) is 54.2. The molecule has 1 aromatic heterocycles. The van der Waals surface area contributed by atoms with Crippen LogP contribution >= 0.6 is 11.6 Å². The van der Waals surface area contributed by atoms with Gasteiger partial charge in [-0.3, -0.25) is 9.59 Å². The van der Waals surface area contributed by atoms with Crippen LogP contribution in [-0.2, 0) is 9.59 Å². The average Bonchev–Trinajstić information content (AvgIpc) is 3.20. The number of carboxylic acids is 1. The van der Waals surface area contributed by atoms with Gasteiger partial charge in [0.1, 0.15) is 5.57 Å². The summed E-state index contributed by atoms with van der Waals surface area (Å²) in [5.74, 6) is -2.60. The van der Waals surface area contributed by atoms with Crippen LogP contribution in [0.4, 0.5) is 16.2 Å². The molecule has 1 saturated heterocycles. The molecule has 5 rings (SSSR count). The van der Waals surface area contributed by atoms with Crippen LogP contribution in [0.3, 0.4) is 0 Å². The van der Waals surface area contributed by atoms with Crippen LogP contribution in [-0.4, -0.2) is 33.5 Å². The van der Waals surface area contributed by atoms with Crippen LogP contribution in [0.5, 0.6) is 0 Å². The minimum absolute atomic E-state index is 0.0182. The highest BCUT2D eigenvalue weighted by Crippen LogP contribution is 2.31. The van der Waals surface area contributed by atoms with Gasteiger partial charge in [-0.2, -0.15) is 0 Å². The molecule has 39 heavy (non-hydrogen) atoms. The van der Waals surface area contributed by atoms with Crippen molar-refractivity contribution < 1.29 is 24.3 Å². The van der Waals surface area contributed by atoms with Crippen molar-refractivity contribution in [2.45, 2.75) is 13.8 Å². The number of barbiturate groups is 1. The van der Waals surface area contributed by atoms with Gasteiger partial charge in [0, 0.05) is 17.1 Å². The number of carboxylic acid groups (broad SMARTS) is 1. The van der Waals surface area contributed by atoms with E-state index < -0.39 is 23.8 Å². The topological polar surface area (TPSA) is 99.9 Å². The predicted octanol–water partition coefficient (Wildman–Crippen LogP) is 6.03. The number of halogens is 1. The number of para-hydroxylation sites is 2. The standard InChI is InChI=1S/C30H22ClN3O5/c1-18-15-20(19(2)32(18)23-13-14-24(29(37)38)26(31)17-23)16-25-27(35)33(21-9-5-3-6-10-21)30(39)34(28(25)36)22-11-7-4-8-12-22/h3-17H,1-2H3,(H,37,38). The summed E-state index contributed by atoms with van der Waals surface area (Å²) in [6, 6.07) is 22.5. The Kier molecular flexibility index (Phi) is 6.64. The number of imide groups is 2. The molecule has 9 heteroatoms. The molecular weight excluding hydrogens is 518 g/mol. The molecule has 2 heterocycles. The molecule has 0 aliphatic carbocycles. The summed E-state index contributed by atoms with van der Waals surface area (Å²) in [7, 11) is 0. The zero-order valence-electron chi connectivity index (χ0n) is 21.0. The number of urea groups is 1. The highest BCUT2D eigenvalue weighted by Gasteiger charge is 2.43. The normalized spacial score (nSPS) is 13.7. The molecular formula is C30H22ClN3O5. The Morgan fingerprint density at radius 1 is 0.769 bits per heavy atom. The van der Waals surface area contributed by atoms with E-state index >= 15 is 0 Å². The Morgan fingerprint density at radius 2 is 1.31 bits per heavy atom. The first-order chi connectivity index (χ1) is 18.7. The van der Waals surface area contributed by atoms with Crippen LogP contribution in [0.15, 0.2) is 90.5 Å². The van der Waals surface area contributed by atoms with Crippen molar-refractivity contribution in [1.82, 2.24) is 4.57 Å². The summed E-state index contributed by atoms with van der Waals surface area (Å²) in [6.07, 6.45) is 1.48. The first kappa shape index (κ1) is 25.7. The molecule has 0 bridgehead atoms. The number of anilines is 2. The van der Waals surface area contributed by atoms with E-state index in [1.54, 1.807) is 78.9 Å². The summed E-state index contributed by atoms with van der Waals surface area (Å²) in [5, 5.41) is 9.39. The van der Waals surface area contributed by atoms with Crippen molar-refractivity contribution in [3.8, 4) is 5.69 Å². The van der Waals surface area contributed by atoms with Gasteiger partial charge in [-0.15, -0.1) is 0 Å². The average molecular weight is 540 g/mol. The number of benzene rings is 3. The molecule has 8 nitrogen and oxygen atoms in total. The van der Waals surface area contributed by atoms with Crippen LogP contribution < -0.4 is 9.80 Å². The second-order valence-electron chi connectivity index (χ2n) is 8.92. The van der Waals surface area contributed by atoms with Crippen molar-refractivity contribution in [3.63, 3.8) is 0 Å². The second kappa shape index (κ2) is 10.1. The third-order valence-corrected chi connectivity index (χ3v) is 6.80. The van der Waals surface area contributed by atoms with Gasteiger partial charge in [-0.1, -0.05) is 48.0 Å². The monoisotopic (exact) mass is 539 g/mol. The lowest BCUT2D eigenvalue weighted by atomic mass is 10.0. The zero-order valence-corrected chi connectivity index (χ0v) is 21.7. The van der Waals surface area contributed by atoms with E-state index in [4.69, 9.17) is 11.6 Å². The van der Waals surface area contributed by atoms with E-state index in [0.29, 0.717) is 28.3 Å². The number of aromatic carboxylic acids is 1. The number of nitrogens with zero attached hydrogens (tertiary/aromatic N) is 3. The van der Waals surface area contributed by atoms with E-state index in [2.05, 4.69) is 0 Å². The highest BCUT2D eigenvalue weighted by atomic mass is 35.5. The molecule has 1 aliphatic rings. The third-order valence-electron chi connectivity index (χ3n) is 6.49. The molecule has 3 aromatic carbocycles. The number of hydrogen-bond donors (Lipinski definition) is 1. The van der Waals surface area contributed by atoms with Crippen molar-refractivity contribution >= 4 is 52.9 Å². The fraction of sp³-hybridized carbons (Fsp3) is 0.0667. The Bertz CT molecular complexity index is 1610. The molecule has 0 unspecified atom stereocenters. The Labute approximate surface area is 229 Å². The van der Waals surface area contributed by atoms with Crippen molar-refractivity contribution in [1.29, 1.82) is 0 Å². The quantitative estimate of drug-likeness (QED) is 0.246. The largest absolute Gasteiger partial charge is 0.478 e. The van der Waals surface area contributed by atoms with E-state index in [9.17, 15) is 24.3 Å². The maximum atomic E-state index is 13.7. The summed E-state index contributed by atoms with van der Waals surface area (Å²) >= 11 is 6.20. The highest BCUT2D eigenvalue weighted by molar-refractivity contribution is 6.46. The molecule has 1 N–H and O–H groups in total. The van der Waals surface area contributed by atoms with Gasteiger partial charge in [0.25, 0.3) is 11.8 Å². The van der Waals surface area contributed by atoms with Crippen molar-refractivity contribution in [3.05, 3.63) is 118 Å². The van der Waals surface area contributed by atoms with Gasteiger partial charge in [-0.05, 0) is 74.0 Å². The number of aryl methyl sites for hydroxylation is 1. The first-order valence-corrected chi connectivity index (χ1v) is 12.3. The Balaban J connectivity index is 1.63. The van der Waals surface area contributed by atoms with Crippen LogP contribution in [0.1, 0.15) is 27.3 Å². The fourth-order valence-corrected chi connectivity index (χ4v) is 4.90. The van der Waals surface area contributed by atoms with Crippen LogP contribution in [0.2, 0.25) is 5.02 Å². The number of amides is 4. The molecule has 194 valence electrons. The van der Waals surface area contributed by atoms with E-state index in [1.807, 2.05) is 18.4 Å². The minimum atomic E-state index is -1.13. The lowest BCUT2D eigenvalue weighted by molar-refractivity contribution is -0.121. The molecule has 1 fully saturated rings. The number of carbonyl (C=O) groups is 4. The van der Waals surface area contributed by atoms with Crippen molar-refractivity contribution in [2.24, 2.45) is 0 Å². The third kappa shape index (κ3) is 4.51. The molecule has 4 amide bonds. The molecule has 4 aromatic rings. The summed E-state index contributed by atoms with van der Waals surface area (Å²) in [6.45, 7) is 3.65. The summed E-state index contributed by atoms with van der Waals surface area (Å²) < 4.78 is 1.84. The predicted molar refractivity (Wildman–Crippen MR) is 148 cm³/mol. The molecule has 1 aliphatic heterocycles. The van der Waals surface area contributed by atoms with Gasteiger partial charge >= 0.3 is 12.0 Å². The van der Waals surface area contributed by atoms with Crippen LogP contribution in [0, 0.1) is 13.8 Å². The van der Waals surface area contributed by atoms with Crippen LogP contribution in [0.25, 0.3) is 11.8 Å². The molecule has 0 saturated carbocycles. The van der Waals surface area contributed by atoms with E-state index in [1.165, 1.54) is 12.1 Å². The maximum Gasteiger partial charge on any atom is 0.343 e. The lowest BCUT2D eigenvalue weighted by Gasteiger charge is -2.33. The second-order valence-corrected chi connectivity index (χ2v) is 9.33. The van der Waals surface area contributed by atoms with Crippen molar-refractivity contribution in [2.75, 3.05) is 9.80 Å². The SMILES string of the molecule is Cc1cc(C=C2C(=O)N(c3ccccc3)C(=O)N(c3ccccc3)C2=O)c(C)n1-c1ccc(C(=O)O)c(Cl)c1. The van der Waals surface area contributed by atoms with Gasteiger partial charge < -0.3 is 9.67 Å². The Morgan fingerprint density at radius 3 is 1.79 bits per heavy atom. The van der Waals surface area contributed by atoms with Gasteiger partial charge in [0.05, 0.1) is 22.0 Å². The lowest BCUT2D eigenvalue weighted by Crippen LogP contribution is -2.57. The smallest absolute Gasteiger partial charge is 0.343 e. The van der Waals surface area contributed by atoms with Gasteiger partial charge in [-0.25, -0.2) is 19.4 Å². The molecule has 0 atom stereocenters. The van der Waals surface area contributed by atoms with E-state index in [0.717, 1.165) is 15.5 Å². The fourth-order valence-electron chi connectivity index (χ4n) is 4.64. The maximum absolute atomic E-state index is 13.7. The zero-order chi connectivity index (χ0) is 27.8. The van der Waals surface area contributed by atoms with Gasteiger partial charge in [0.2, 0.25) is 0 Å². The Hall–Kier alpha value is -4.95. The summed E-state index contributed by atoms with van der Waals surface area (Å²) in [5.41, 5.74) is 3.14. The first-order valence-electron chi connectivity index (χ1n) is 12.0. The van der Waals surface area contributed by atoms with Gasteiger partial charge in [0.15, 0.2) is 0 Å².